The van der Waals surface area contributed by atoms with E-state index >= 15 is 0 Å². The number of halogens is 1. The molecule has 0 amide bonds. The van der Waals surface area contributed by atoms with Crippen molar-refractivity contribution >= 4 is 33.2 Å². The SMILES string of the molecule is CC1CC=CCC2CCc3cc(Br)ccc3N=C(N3CCNCC3)C2=N1. The standard InChI is InChI=1S/C21H27BrN4/c1-15-4-2-3-5-16-6-7-17-14-18(22)8-9-19(17)25-21(20(16)24-15)26-12-10-23-11-13-26/h2-3,8-9,14-16,23H,4-7,10-13H2,1H3. The molecule has 0 radical (unpaired) electrons. The highest BCUT2D eigenvalue weighted by atomic mass is 79.9. The Morgan fingerprint density at radius 1 is 1.15 bits per heavy atom. The van der Waals surface area contributed by atoms with Crippen molar-refractivity contribution in [3.63, 3.8) is 0 Å². The molecule has 0 spiro atoms. The van der Waals surface area contributed by atoms with Crippen LogP contribution in [0.3, 0.4) is 0 Å². The van der Waals surface area contributed by atoms with Gasteiger partial charge in [0, 0.05) is 36.6 Å². The molecule has 26 heavy (non-hydrogen) atoms. The van der Waals surface area contributed by atoms with E-state index in [2.05, 4.69) is 63.4 Å². The highest BCUT2D eigenvalue weighted by Crippen LogP contribution is 2.31. The molecule has 4 nitrogen and oxygen atoms in total. The van der Waals surface area contributed by atoms with Gasteiger partial charge in [0.05, 0.1) is 17.4 Å². The first-order chi connectivity index (χ1) is 12.7. The number of amidine groups is 1. The molecule has 4 rings (SSSR count). The lowest BCUT2D eigenvalue weighted by Crippen LogP contribution is -2.50. The fraction of sp³-hybridized carbons (Fsp3) is 0.524. The van der Waals surface area contributed by atoms with E-state index in [1.54, 1.807) is 0 Å². The lowest BCUT2D eigenvalue weighted by Gasteiger charge is -2.35. The zero-order valence-electron chi connectivity index (χ0n) is 15.4. The highest BCUT2D eigenvalue weighted by molar-refractivity contribution is 9.10. The molecule has 1 aromatic carbocycles. The van der Waals surface area contributed by atoms with Crippen LogP contribution in [0.15, 0.2) is 44.8 Å². The van der Waals surface area contributed by atoms with Gasteiger partial charge < -0.3 is 10.2 Å². The van der Waals surface area contributed by atoms with Crippen molar-refractivity contribution in [3.8, 4) is 0 Å². The smallest absolute Gasteiger partial charge is 0.150 e. The van der Waals surface area contributed by atoms with Gasteiger partial charge in [-0.25, -0.2) is 4.99 Å². The van der Waals surface area contributed by atoms with Crippen LogP contribution in [0.1, 0.15) is 31.7 Å². The number of hydrogen-bond acceptors (Lipinski definition) is 4. The molecule has 0 bridgehead atoms. The van der Waals surface area contributed by atoms with Crippen LogP contribution in [-0.2, 0) is 6.42 Å². The minimum absolute atomic E-state index is 0.320. The maximum absolute atomic E-state index is 5.19. The Bertz CT molecular complexity index is 746. The molecule has 1 N–H and O–H groups in total. The van der Waals surface area contributed by atoms with E-state index < -0.39 is 0 Å². The van der Waals surface area contributed by atoms with E-state index in [0.717, 1.165) is 67.9 Å². The number of fused-ring (bicyclic) bond motifs is 2. The Morgan fingerprint density at radius 2 is 1.96 bits per heavy atom. The van der Waals surface area contributed by atoms with Crippen molar-refractivity contribution in [2.45, 2.75) is 38.6 Å². The zero-order chi connectivity index (χ0) is 17.9. The fourth-order valence-corrected chi connectivity index (χ4v) is 4.44. The van der Waals surface area contributed by atoms with E-state index in [1.807, 2.05) is 0 Å². The Kier molecular flexibility index (Phi) is 5.55. The van der Waals surface area contributed by atoms with Gasteiger partial charge in [-0.15, -0.1) is 0 Å². The van der Waals surface area contributed by atoms with Gasteiger partial charge in [-0.05, 0) is 56.4 Å². The average molecular weight is 415 g/mol. The maximum atomic E-state index is 5.19. The molecule has 3 heterocycles. The summed E-state index contributed by atoms with van der Waals surface area (Å²) in [5, 5.41) is 3.46. The molecule has 3 aliphatic heterocycles. The third-order valence-electron chi connectivity index (χ3n) is 5.49. The topological polar surface area (TPSA) is 40.0 Å². The maximum Gasteiger partial charge on any atom is 0.150 e. The summed E-state index contributed by atoms with van der Waals surface area (Å²) in [4.78, 5) is 12.8. The average Bonchev–Trinajstić information content (AvgIpc) is 2.63. The van der Waals surface area contributed by atoms with Crippen molar-refractivity contribution < 1.29 is 0 Å². The summed E-state index contributed by atoms with van der Waals surface area (Å²) in [7, 11) is 0. The lowest BCUT2D eigenvalue weighted by molar-refractivity contribution is 0.359. The zero-order valence-corrected chi connectivity index (χ0v) is 17.0. The Labute approximate surface area is 164 Å². The van der Waals surface area contributed by atoms with E-state index in [1.165, 1.54) is 11.3 Å². The molecule has 5 heteroatoms. The molecule has 0 saturated carbocycles. The minimum Gasteiger partial charge on any atom is -0.353 e. The van der Waals surface area contributed by atoms with Crippen molar-refractivity contribution in [1.29, 1.82) is 0 Å². The summed E-state index contributed by atoms with van der Waals surface area (Å²) in [5.41, 5.74) is 3.68. The number of benzene rings is 1. The van der Waals surface area contributed by atoms with Crippen LogP contribution in [0.2, 0.25) is 0 Å². The van der Waals surface area contributed by atoms with Gasteiger partial charge in [0.2, 0.25) is 0 Å². The van der Waals surface area contributed by atoms with Crippen molar-refractivity contribution in [2.24, 2.45) is 15.9 Å². The number of rotatable bonds is 0. The molecule has 1 aromatic rings. The minimum atomic E-state index is 0.320. The van der Waals surface area contributed by atoms with Gasteiger partial charge in [0.25, 0.3) is 0 Å². The predicted octanol–water partition coefficient (Wildman–Crippen LogP) is 4.13. The number of nitrogens with zero attached hydrogens (tertiary/aromatic N) is 3. The number of aryl methyl sites for hydroxylation is 1. The van der Waals surface area contributed by atoms with Crippen LogP contribution in [0.4, 0.5) is 5.69 Å². The summed E-state index contributed by atoms with van der Waals surface area (Å²) >= 11 is 3.62. The lowest BCUT2D eigenvalue weighted by atomic mass is 9.88. The first kappa shape index (κ1) is 17.9. The van der Waals surface area contributed by atoms with Crippen LogP contribution >= 0.6 is 15.9 Å². The molecular formula is C21H27BrN4. The van der Waals surface area contributed by atoms with Gasteiger partial charge in [0.1, 0.15) is 0 Å². The molecule has 3 aliphatic rings. The van der Waals surface area contributed by atoms with Crippen LogP contribution in [-0.4, -0.2) is 48.7 Å². The molecule has 2 unspecified atom stereocenters. The summed E-state index contributed by atoms with van der Waals surface area (Å²) in [6, 6.07) is 6.80. The van der Waals surface area contributed by atoms with Crippen LogP contribution in [0.25, 0.3) is 0 Å². The summed E-state index contributed by atoms with van der Waals surface area (Å²) in [6.45, 7) is 6.25. The van der Waals surface area contributed by atoms with Crippen LogP contribution in [0.5, 0.6) is 0 Å². The second-order valence-corrected chi connectivity index (χ2v) is 8.40. The van der Waals surface area contributed by atoms with Crippen LogP contribution < -0.4 is 5.32 Å². The first-order valence-corrected chi connectivity index (χ1v) is 10.6. The summed E-state index contributed by atoms with van der Waals surface area (Å²) in [6.07, 6.45) is 8.93. The second-order valence-electron chi connectivity index (χ2n) is 7.49. The first-order valence-electron chi connectivity index (χ1n) is 9.76. The Morgan fingerprint density at radius 3 is 2.81 bits per heavy atom. The van der Waals surface area contributed by atoms with E-state index in [-0.39, 0.29) is 0 Å². The summed E-state index contributed by atoms with van der Waals surface area (Å²) < 4.78 is 1.14. The monoisotopic (exact) mass is 414 g/mol. The number of aliphatic imine (C=N–C) groups is 2. The van der Waals surface area contributed by atoms with E-state index in [0.29, 0.717) is 12.0 Å². The molecule has 0 aromatic heterocycles. The number of piperazine rings is 1. The molecule has 138 valence electrons. The third kappa shape index (κ3) is 3.94. The van der Waals surface area contributed by atoms with Crippen molar-refractivity contribution in [1.82, 2.24) is 10.2 Å². The fourth-order valence-electron chi connectivity index (χ4n) is 4.03. The van der Waals surface area contributed by atoms with E-state index in [4.69, 9.17) is 9.98 Å². The normalized spacial score (nSPS) is 26.5. The number of hydrogen-bond donors (Lipinski definition) is 1. The molecule has 2 atom stereocenters. The molecule has 1 saturated heterocycles. The van der Waals surface area contributed by atoms with Gasteiger partial charge in [-0.2, -0.15) is 0 Å². The van der Waals surface area contributed by atoms with E-state index in [9.17, 15) is 0 Å². The summed E-state index contributed by atoms with van der Waals surface area (Å²) in [5.74, 6) is 1.57. The van der Waals surface area contributed by atoms with Gasteiger partial charge in [-0.1, -0.05) is 28.1 Å². The molecule has 1 fully saturated rings. The Hall–Kier alpha value is -1.46. The highest BCUT2D eigenvalue weighted by Gasteiger charge is 2.29. The van der Waals surface area contributed by atoms with Crippen molar-refractivity contribution in [2.75, 3.05) is 26.2 Å². The van der Waals surface area contributed by atoms with Crippen molar-refractivity contribution in [3.05, 3.63) is 40.4 Å². The van der Waals surface area contributed by atoms with Gasteiger partial charge in [-0.3, -0.25) is 4.99 Å². The van der Waals surface area contributed by atoms with Crippen LogP contribution in [0, 0.1) is 5.92 Å². The predicted molar refractivity (Wildman–Crippen MR) is 113 cm³/mol. The van der Waals surface area contributed by atoms with Gasteiger partial charge >= 0.3 is 0 Å². The number of allylic oxidation sites excluding steroid dienone is 1. The molecular weight excluding hydrogens is 388 g/mol. The quantitative estimate of drug-likeness (QED) is 0.648. The Balaban J connectivity index is 1.82. The molecule has 0 aliphatic carbocycles. The second kappa shape index (κ2) is 8.05. The largest absolute Gasteiger partial charge is 0.353 e. The number of nitrogens with one attached hydrogen (secondary N) is 1. The third-order valence-corrected chi connectivity index (χ3v) is 5.98. The van der Waals surface area contributed by atoms with Gasteiger partial charge in [0.15, 0.2) is 5.84 Å².